The lowest BCUT2D eigenvalue weighted by Gasteiger charge is -2.35. The van der Waals surface area contributed by atoms with Gasteiger partial charge in [0.05, 0.1) is 11.4 Å². The Morgan fingerprint density at radius 2 is 1.61 bits per heavy atom. The number of amides is 1. The Labute approximate surface area is 210 Å². The minimum atomic E-state index is -5.08. The third-order valence-electron chi connectivity index (χ3n) is 6.16. The monoisotopic (exact) mass is 535 g/mol. The SMILES string of the molecule is CC(C)Cc1ccc(S(=O)(=O)N(CC(=O)N2CCNCC2)C2CCCCC2)cc1.O=C(O)C(F)(F)F. The first-order valence-electron chi connectivity index (χ1n) is 12.2. The van der Waals surface area contributed by atoms with Gasteiger partial charge in [0.2, 0.25) is 15.9 Å². The molecule has 0 spiro atoms. The zero-order valence-corrected chi connectivity index (χ0v) is 21.6. The Kier molecular flexibility index (Phi) is 11.2. The highest BCUT2D eigenvalue weighted by Crippen LogP contribution is 2.28. The molecule has 0 aromatic heterocycles. The molecule has 1 aliphatic carbocycles. The lowest BCUT2D eigenvalue weighted by Crippen LogP contribution is -2.52. The summed E-state index contributed by atoms with van der Waals surface area (Å²) in [6, 6.07) is 7.14. The lowest BCUT2D eigenvalue weighted by atomic mass is 9.95. The van der Waals surface area contributed by atoms with Crippen LogP contribution in [0.15, 0.2) is 29.2 Å². The molecule has 0 atom stereocenters. The Bertz CT molecular complexity index is 956. The zero-order valence-electron chi connectivity index (χ0n) is 20.8. The maximum Gasteiger partial charge on any atom is 0.490 e. The summed E-state index contributed by atoms with van der Waals surface area (Å²) in [6.45, 7) is 7.05. The molecule has 3 rings (SSSR count). The van der Waals surface area contributed by atoms with Gasteiger partial charge >= 0.3 is 12.1 Å². The molecule has 1 heterocycles. The number of hydrogen-bond acceptors (Lipinski definition) is 5. The van der Waals surface area contributed by atoms with Gasteiger partial charge in [0, 0.05) is 32.2 Å². The molecule has 0 unspecified atom stereocenters. The number of rotatable bonds is 7. The summed E-state index contributed by atoms with van der Waals surface area (Å²) in [5.74, 6) is -2.32. The number of nitrogens with zero attached hydrogens (tertiary/aromatic N) is 2. The maximum atomic E-state index is 13.5. The predicted molar refractivity (Wildman–Crippen MR) is 129 cm³/mol. The summed E-state index contributed by atoms with van der Waals surface area (Å²) < 4.78 is 60.3. The average Bonchev–Trinajstić information content (AvgIpc) is 2.83. The van der Waals surface area contributed by atoms with Crippen LogP contribution in [0.4, 0.5) is 13.2 Å². The van der Waals surface area contributed by atoms with E-state index in [-0.39, 0.29) is 18.5 Å². The molecule has 1 aliphatic heterocycles. The van der Waals surface area contributed by atoms with Gasteiger partial charge in [0.1, 0.15) is 0 Å². The molecule has 1 saturated carbocycles. The van der Waals surface area contributed by atoms with Crippen LogP contribution in [0.2, 0.25) is 0 Å². The van der Waals surface area contributed by atoms with E-state index in [4.69, 9.17) is 9.90 Å². The molecule has 1 aromatic carbocycles. The van der Waals surface area contributed by atoms with E-state index in [0.717, 1.165) is 57.2 Å². The topological polar surface area (TPSA) is 107 Å². The van der Waals surface area contributed by atoms with Crippen LogP contribution < -0.4 is 5.32 Å². The summed E-state index contributed by atoms with van der Waals surface area (Å²) in [7, 11) is -3.71. The molecule has 2 aliphatic rings. The van der Waals surface area contributed by atoms with Crippen molar-refractivity contribution in [2.24, 2.45) is 5.92 Å². The number of carbonyl (C=O) groups is 2. The van der Waals surface area contributed by atoms with Crippen molar-refractivity contribution < 1.29 is 36.3 Å². The van der Waals surface area contributed by atoms with Crippen LogP contribution in [0, 0.1) is 5.92 Å². The smallest absolute Gasteiger partial charge is 0.475 e. The number of carboxylic acids is 1. The predicted octanol–water partition coefficient (Wildman–Crippen LogP) is 3.27. The number of halogens is 3. The van der Waals surface area contributed by atoms with Gasteiger partial charge in [-0.05, 0) is 42.9 Å². The van der Waals surface area contributed by atoms with Crippen molar-refractivity contribution in [2.75, 3.05) is 32.7 Å². The van der Waals surface area contributed by atoms with Gasteiger partial charge in [-0.2, -0.15) is 17.5 Å². The van der Waals surface area contributed by atoms with Crippen molar-refractivity contribution in [2.45, 2.75) is 69.5 Å². The number of hydrogen-bond donors (Lipinski definition) is 2. The van der Waals surface area contributed by atoms with Crippen molar-refractivity contribution in [3.05, 3.63) is 29.8 Å². The molecule has 2 N–H and O–H groups in total. The lowest BCUT2D eigenvalue weighted by molar-refractivity contribution is -0.192. The Morgan fingerprint density at radius 1 is 1.08 bits per heavy atom. The molecular weight excluding hydrogens is 499 g/mol. The van der Waals surface area contributed by atoms with Gasteiger partial charge in [-0.25, -0.2) is 13.2 Å². The van der Waals surface area contributed by atoms with Gasteiger partial charge in [-0.1, -0.05) is 45.2 Å². The number of carbonyl (C=O) groups excluding carboxylic acids is 1. The van der Waals surface area contributed by atoms with E-state index in [1.54, 1.807) is 17.0 Å². The van der Waals surface area contributed by atoms with Crippen LogP contribution in [0.3, 0.4) is 0 Å². The first-order valence-corrected chi connectivity index (χ1v) is 13.7. The van der Waals surface area contributed by atoms with Crippen LogP contribution >= 0.6 is 0 Å². The molecule has 2 fully saturated rings. The first kappa shape index (κ1) is 30.0. The molecule has 204 valence electrons. The van der Waals surface area contributed by atoms with Crippen molar-refractivity contribution in [1.29, 1.82) is 0 Å². The Balaban J connectivity index is 0.000000572. The minimum absolute atomic E-state index is 0.0548. The number of sulfonamides is 1. The highest BCUT2D eigenvalue weighted by Gasteiger charge is 2.38. The van der Waals surface area contributed by atoms with Gasteiger partial charge in [0.15, 0.2) is 0 Å². The number of carboxylic acid groups (broad SMARTS) is 1. The average molecular weight is 536 g/mol. The second-order valence-electron chi connectivity index (χ2n) is 9.52. The molecule has 1 aromatic rings. The normalized spacial score (nSPS) is 17.6. The van der Waals surface area contributed by atoms with Crippen LogP contribution in [-0.2, 0) is 26.0 Å². The van der Waals surface area contributed by atoms with Crippen molar-refractivity contribution >= 4 is 21.9 Å². The van der Waals surface area contributed by atoms with Gasteiger partial charge in [-0.3, -0.25) is 4.79 Å². The third kappa shape index (κ3) is 9.04. The molecule has 0 bridgehead atoms. The standard InChI is InChI=1S/C22H35N3O3S.C2HF3O2/c1-18(2)16-19-8-10-21(11-9-19)29(27,28)25(20-6-4-3-5-7-20)17-22(26)24-14-12-23-13-15-24;3-2(4,5)1(6)7/h8-11,18,20,23H,3-7,12-17H2,1-2H3;(H,6,7). The van der Waals surface area contributed by atoms with Crippen molar-refractivity contribution in [3.63, 3.8) is 0 Å². The van der Waals surface area contributed by atoms with Crippen LogP contribution in [0.25, 0.3) is 0 Å². The second kappa shape index (κ2) is 13.4. The maximum absolute atomic E-state index is 13.5. The van der Waals surface area contributed by atoms with E-state index in [2.05, 4.69) is 19.2 Å². The van der Waals surface area contributed by atoms with Gasteiger partial charge in [-0.15, -0.1) is 0 Å². The third-order valence-corrected chi connectivity index (χ3v) is 8.07. The van der Waals surface area contributed by atoms with Crippen LogP contribution in [0.1, 0.15) is 51.5 Å². The summed E-state index contributed by atoms with van der Waals surface area (Å²) in [5, 5.41) is 10.4. The largest absolute Gasteiger partial charge is 0.490 e. The van der Waals surface area contributed by atoms with Gasteiger partial charge < -0.3 is 15.3 Å². The minimum Gasteiger partial charge on any atom is -0.475 e. The number of nitrogens with one attached hydrogen (secondary N) is 1. The molecule has 0 radical (unpaired) electrons. The number of piperazine rings is 1. The second-order valence-corrected chi connectivity index (χ2v) is 11.4. The van der Waals surface area contributed by atoms with E-state index >= 15 is 0 Å². The number of alkyl halides is 3. The summed E-state index contributed by atoms with van der Waals surface area (Å²) in [4.78, 5) is 23.9. The fraction of sp³-hybridized carbons (Fsp3) is 0.667. The molecular formula is C24H36F3N3O5S. The Hall–Kier alpha value is -2.18. The number of aliphatic carboxylic acids is 1. The quantitative estimate of drug-likeness (QED) is 0.555. The van der Waals surface area contributed by atoms with E-state index < -0.39 is 22.2 Å². The summed E-state index contributed by atoms with van der Waals surface area (Å²) in [6.07, 6.45) is 0.685. The molecule has 36 heavy (non-hydrogen) atoms. The van der Waals surface area contributed by atoms with Crippen LogP contribution in [0.5, 0.6) is 0 Å². The van der Waals surface area contributed by atoms with E-state index in [1.807, 2.05) is 12.1 Å². The molecule has 8 nitrogen and oxygen atoms in total. The first-order chi connectivity index (χ1) is 16.8. The van der Waals surface area contributed by atoms with Crippen molar-refractivity contribution in [1.82, 2.24) is 14.5 Å². The summed E-state index contributed by atoms with van der Waals surface area (Å²) >= 11 is 0. The zero-order chi connectivity index (χ0) is 26.9. The Morgan fingerprint density at radius 3 is 2.08 bits per heavy atom. The fourth-order valence-corrected chi connectivity index (χ4v) is 5.97. The van der Waals surface area contributed by atoms with Gasteiger partial charge in [0.25, 0.3) is 0 Å². The highest BCUT2D eigenvalue weighted by molar-refractivity contribution is 7.89. The van der Waals surface area contributed by atoms with E-state index in [9.17, 15) is 26.4 Å². The van der Waals surface area contributed by atoms with Crippen molar-refractivity contribution in [3.8, 4) is 0 Å². The summed E-state index contributed by atoms with van der Waals surface area (Å²) in [5.41, 5.74) is 1.14. The fourth-order valence-electron chi connectivity index (χ4n) is 4.33. The van der Waals surface area contributed by atoms with E-state index in [0.29, 0.717) is 23.9 Å². The van der Waals surface area contributed by atoms with E-state index in [1.165, 1.54) is 4.31 Å². The molecule has 1 saturated heterocycles. The molecule has 12 heteroatoms. The highest BCUT2D eigenvalue weighted by atomic mass is 32.2. The number of benzene rings is 1. The van der Waals surface area contributed by atoms with Crippen LogP contribution in [-0.4, -0.2) is 79.5 Å². The molecule has 1 amide bonds.